The Morgan fingerprint density at radius 2 is 2.35 bits per heavy atom. The highest BCUT2D eigenvalue weighted by Crippen LogP contribution is 2.24. The SMILES string of the molecule is CCCC1CCCCN1C(=O)c1cc(Cl)nc(NN)c1. The van der Waals surface area contributed by atoms with Crippen molar-refractivity contribution in [2.45, 2.75) is 45.1 Å². The molecule has 1 aromatic rings. The van der Waals surface area contributed by atoms with E-state index in [1.807, 2.05) is 4.90 Å². The largest absolute Gasteiger partial charge is 0.336 e. The summed E-state index contributed by atoms with van der Waals surface area (Å²) >= 11 is 5.93. The van der Waals surface area contributed by atoms with Crippen molar-refractivity contribution < 1.29 is 4.79 Å². The summed E-state index contributed by atoms with van der Waals surface area (Å²) in [5.41, 5.74) is 2.98. The van der Waals surface area contributed by atoms with E-state index < -0.39 is 0 Å². The predicted octanol–water partition coefficient (Wildman–Crippen LogP) is 2.82. The molecule has 2 heterocycles. The van der Waals surface area contributed by atoms with Crippen LogP contribution >= 0.6 is 11.6 Å². The number of rotatable bonds is 4. The van der Waals surface area contributed by atoms with Crippen LogP contribution in [0.25, 0.3) is 0 Å². The van der Waals surface area contributed by atoms with Crippen LogP contribution in [0.5, 0.6) is 0 Å². The standard InChI is InChI=1S/C14H21ClN4O/c1-2-5-11-6-3-4-7-19(11)14(20)10-8-12(15)17-13(9-10)18-16/h8-9,11H,2-7,16H2,1H3,(H,17,18). The van der Waals surface area contributed by atoms with Crippen molar-refractivity contribution in [1.82, 2.24) is 9.88 Å². The molecule has 1 atom stereocenters. The second-order valence-electron chi connectivity index (χ2n) is 5.14. The first-order valence-corrected chi connectivity index (χ1v) is 7.48. The maximum absolute atomic E-state index is 12.7. The van der Waals surface area contributed by atoms with Crippen molar-refractivity contribution in [3.05, 3.63) is 22.8 Å². The fourth-order valence-electron chi connectivity index (χ4n) is 2.76. The van der Waals surface area contributed by atoms with Crippen molar-refractivity contribution in [3.63, 3.8) is 0 Å². The molecule has 1 aliphatic heterocycles. The number of anilines is 1. The van der Waals surface area contributed by atoms with E-state index >= 15 is 0 Å². The van der Waals surface area contributed by atoms with Crippen LogP contribution in [0.4, 0.5) is 5.82 Å². The molecule has 0 radical (unpaired) electrons. The van der Waals surface area contributed by atoms with Gasteiger partial charge in [-0.15, -0.1) is 0 Å². The van der Waals surface area contributed by atoms with Crippen LogP contribution < -0.4 is 11.3 Å². The number of hydrogen-bond donors (Lipinski definition) is 2. The van der Waals surface area contributed by atoms with Crippen LogP contribution in [-0.2, 0) is 0 Å². The van der Waals surface area contributed by atoms with Crippen molar-refractivity contribution >= 4 is 23.3 Å². The zero-order valence-corrected chi connectivity index (χ0v) is 12.5. The van der Waals surface area contributed by atoms with Crippen LogP contribution in [0, 0.1) is 0 Å². The Bertz CT molecular complexity index is 478. The number of aromatic nitrogens is 1. The highest BCUT2D eigenvalue weighted by atomic mass is 35.5. The van der Waals surface area contributed by atoms with E-state index in [2.05, 4.69) is 17.3 Å². The summed E-state index contributed by atoms with van der Waals surface area (Å²) in [6.07, 6.45) is 5.47. The smallest absolute Gasteiger partial charge is 0.254 e. The van der Waals surface area contributed by atoms with Gasteiger partial charge in [0.05, 0.1) is 0 Å². The number of nitrogens with zero attached hydrogens (tertiary/aromatic N) is 2. The Hall–Kier alpha value is -1.33. The van der Waals surface area contributed by atoms with Gasteiger partial charge in [0.25, 0.3) is 5.91 Å². The molecule has 0 spiro atoms. The number of hydrazine groups is 1. The molecule has 110 valence electrons. The average molecular weight is 297 g/mol. The normalized spacial score (nSPS) is 18.9. The van der Waals surface area contributed by atoms with Gasteiger partial charge in [-0.25, -0.2) is 10.8 Å². The minimum Gasteiger partial charge on any atom is -0.336 e. The zero-order chi connectivity index (χ0) is 14.5. The van der Waals surface area contributed by atoms with Gasteiger partial charge in [-0.1, -0.05) is 24.9 Å². The highest BCUT2D eigenvalue weighted by Gasteiger charge is 2.27. The van der Waals surface area contributed by atoms with Gasteiger partial charge in [-0.3, -0.25) is 4.79 Å². The average Bonchev–Trinajstić information content (AvgIpc) is 2.46. The van der Waals surface area contributed by atoms with Gasteiger partial charge < -0.3 is 10.3 Å². The van der Waals surface area contributed by atoms with Crippen LogP contribution in [0.2, 0.25) is 5.15 Å². The summed E-state index contributed by atoms with van der Waals surface area (Å²) in [5.74, 6) is 5.77. The summed E-state index contributed by atoms with van der Waals surface area (Å²) in [4.78, 5) is 18.6. The molecule has 1 saturated heterocycles. The molecule has 1 unspecified atom stereocenters. The van der Waals surface area contributed by atoms with Gasteiger partial charge >= 0.3 is 0 Å². The third kappa shape index (κ3) is 3.41. The second-order valence-corrected chi connectivity index (χ2v) is 5.53. The second kappa shape index (κ2) is 6.90. The van der Waals surface area contributed by atoms with E-state index in [9.17, 15) is 4.79 Å². The predicted molar refractivity (Wildman–Crippen MR) is 80.6 cm³/mol. The topological polar surface area (TPSA) is 71.2 Å². The molecular weight excluding hydrogens is 276 g/mol. The zero-order valence-electron chi connectivity index (χ0n) is 11.7. The molecule has 0 saturated carbocycles. The highest BCUT2D eigenvalue weighted by molar-refractivity contribution is 6.29. The first-order valence-electron chi connectivity index (χ1n) is 7.11. The van der Waals surface area contributed by atoms with E-state index in [0.717, 1.165) is 32.2 Å². The Balaban J connectivity index is 2.22. The third-order valence-electron chi connectivity index (χ3n) is 3.70. The molecule has 2 rings (SSSR count). The Morgan fingerprint density at radius 3 is 3.05 bits per heavy atom. The van der Waals surface area contributed by atoms with Gasteiger partial charge in [-0.2, -0.15) is 0 Å². The van der Waals surface area contributed by atoms with E-state index in [-0.39, 0.29) is 11.1 Å². The van der Waals surface area contributed by atoms with Gasteiger partial charge in [0.1, 0.15) is 11.0 Å². The molecule has 1 aliphatic rings. The summed E-state index contributed by atoms with van der Waals surface area (Å²) in [6, 6.07) is 3.58. The molecule has 6 heteroatoms. The first-order chi connectivity index (χ1) is 9.65. The molecule has 1 fully saturated rings. The lowest BCUT2D eigenvalue weighted by molar-refractivity contribution is 0.0600. The lowest BCUT2D eigenvalue weighted by Crippen LogP contribution is -2.43. The lowest BCUT2D eigenvalue weighted by atomic mass is 9.97. The number of likely N-dealkylation sites (tertiary alicyclic amines) is 1. The molecule has 1 amide bonds. The first kappa shape index (κ1) is 15.1. The number of nitrogen functional groups attached to an aromatic ring is 1. The number of hydrogen-bond acceptors (Lipinski definition) is 4. The Kier molecular flexibility index (Phi) is 5.20. The summed E-state index contributed by atoms with van der Waals surface area (Å²) in [5, 5.41) is 0.271. The number of carbonyl (C=O) groups is 1. The number of pyridine rings is 1. The molecule has 5 nitrogen and oxygen atoms in total. The fraction of sp³-hybridized carbons (Fsp3) is 0.571. The number of carbonyl (C=O) groups excluding carboxylic acids is 1. The van der Waals surface area contributed by atoms with Crippen LogP contribution in [0.3, 0.4) is 0 Å². The fourth-order valence-corrected chi connectivity index (χ4v) is 2.97. The number of piperidine rings is 1. The number of nitrogens with two attached hydrogens (primary N) is 1. The maximum atomic E-state index is 12.7. The van der Waals surface area contributed by atoms with E-state index in [1.54, 1.807) is 12.1 Å². The van der Waals surface area contributed by atoms with Gasteiger partial charge in [-0.05, 0) is 37.8 Å². The van der Waals surface area contributed by atoms with Gasteiger partial charge in [0.15, 0.2) is 0 Å². The molecule has 0 aromatic carbocycles. The van der Waals surface area contributed by atoms with Gasteiger partial charge in [0, 0.05) is 18.2 Å². The third-order valence-corrected chi connectivity index (χ3v) is 3.89. The quantitative estimate of drug-likeness (QED) is 0.509. The molecule has 3 N–H and O–H groups in total. The maximum Gasteiger partial charge on any atom is 0.254 e. The van der Waals surface area contributed by atoms with Crippen LogP contribution in [0.15, 0.2) is 12.1 Å². The van der Waals surface area contributed by atoms with Crippen molar-refractivity contribution in [1.29, 1.82) is 0 Å². The summed E-state index contributed by atoms with van der Waals surface area (Å²) in [7, 11) is 0. The summed E-state index contributed by atoms with van der Waals surface area (Å²) in [6.45, 7) is 2.96. The van der Waals surface area contributed by atoms with Crippen molar-refractivity contribution in [2.24, 2.45) is 5.84 Å². The van der Waals surface area contributed by atoms with E-state index in [4.69, 9.17) is 17.4 Å². The molecule has 0 bridgehead atoms. The van der Waals surface area contributed by atoms with Crippen molar-refractivity contribution in [2.75, 3.05) is 12.0 Å². The van der Waals surface area contributed by atoms with Crippen LogP contribution in [-0.4, -0.2) is 28.4 Å². The molecule has 20 heavy (non-hydrogen) atoms. The minimum absolute atomic E-state index is 0.0175. The number of amides is 1. The molecule has 1 aromatic heterocycles. The monoisotopic (exact) mass is 296 g/mol. The number of halogens is 1. The Labute approximate surface area is 124 Å². The Morgan fingerprint density at radius 1 is 1.55 bits per heavy atom. The van der Waals surface area contributed by atoms with Crippen molar-refractivity contribution in [3.8, 4) is 0 Å². The summed E-state index contributed by atoms with van der Waals surface area (Å²) < 4.78 is 0. The van der Waals surface area contributed by atoms with Gasteiger partial charge in [0.2, 0.25) is 0 Å². The van der Waals surface area contributed by atoms with E-state index in [0.29, 0.717) is 17.4 Å². The van der Waals surface area contributed by atoms with Crippen LogP contribution in [0.1, 0.15) is 49.4 Å². The molecular formula is C14H21ClN4O. The molecule has 0 aliphatic carbocycles. The van der Waals surface area contributed by atoms with E-state index in [1.165, 1.54) is 6.42 Å². The minimum atomic E-state index is 0.0175. The number of nitrogens with one attached hydrogen (secondary N) is 1. The lowest BCUT2D eigenvalue weighted by Gasteiger charge is -2.36.